The smallest absolute Gasteiger partial charge is 0.192 e. The van der Waals surface area contributed by atoms with Crippen molar-refractivity contribution in [3.63, 3.8) is 0 Å². The maximum atomic E-state index is 5.63. The van der Waals surface area contributed by atoms with Crippen LogP contribution in [0.3, 0.4) is 0 Å². The Morgan fingerprint density at radius 2 is 2.08 bits per heavy atom. The van der Waals surface area contributed by atoms with Crippen molar-refractivity contribution in [3.8, 4) is 11.5 Å². The van der Waals surface area contributed by atoms with Gasteiger partial charge >= 0.3 is 0 Å². The summed E-state index contributed by atoms with van der Waals surface area (Å²) in [5, 5.41) is 8.83. The molecule has 0 aliphatic carbocycles. The molecule has 0 bridgehead atoms. The van der Waals surface area contributed by atoms with Gasteiger partial charge in [-0.2, -0.15) is 0 Å². The van der Waals surface area contributed by atoms with Gasteiger partial charge in [-0.15, -0.1) is 11.3 Å². The molecule has 1 atom stereocenters. The number of hydrogen-bond acceptors (Lipinski definition) is 4. The van der Waals surface area contributed by atoms with Crippen LogP contribution in [0.5, 0.6) is 11.5 Å². The van der Waals surface area contributed by atoms with E-state index in [1.54, 1.807) is 18.4 Å². The van der Waals surface area contributed by atoms with Crippen LogP contribution in [0.4, 0.5) is 0 Å². The molecular formula is C19H27N3O2S. The quantitative estimate of drug-likeness (QED) is 0.552. The summed E-state index contributed by atoms with van der Waals surface area (Å²) in [6, 6.07) is 10.3. The fraction of sp³-hybridized carbons (Fsp3) is 0.421. The fourth-order valence-corrected chi connectivity index (χ4v) is 3.13. The van der Waals surface area contributed by atoms with E-state index >= 15 is 0 Å². The molecule has 2 rings (SSSR count). The molecule has 1 unspecified atom stereocenters. The summed E-state index contributed by atoms with van der Waals surface area (Å²) >= 11 is 1.74. The lowest BCUT2D eigenvalue weighted by Crippen LogP contribution is -2.38. The van der Waals surface area contributed by atoms with Gasteiger partial charge in [-0.05, 0) is 49.9 Å². The van der Waals surface area contributed by atoms with Crippen LogP contribution in [0.15, 0.2) is 40.7 Å². The summed E-state index contributed by atoms with van der Waals surface area (Å²) in [5.74, 6) is 2.30. The van der Waals surface area contributed by atoms with Crippen molar-refractivity contribution in [1.29, 1.82) is 0 Å². The second-order valence-corrected chi connectivity index (χ2v) is 6.47. The Labute approximate surface area is 154 Å². The van der Waals surface area contributed by atoms with E-state index < -0.39 is 0 Å². The standard InChI is InChI=1S/C19H27N3O2S/c1-5-20-19(22-14(3)18-8-7-11-25-18)21-13-15-9-10-16(23-4)17(12-15)24-6-2/h7-12,14H,5-6,13H2,1-4H3,(H2,20,21,22). The third-order valence-corrected chi connectivity index (χ3v) is 4.67. The fourth-order valence-electron chi connectivity index (χ4n) is 2.39. The zero-order chi connectivity index (χ0) is 18.1. The van der Waals surface area contributed by atoms with E-state index in [4.69, 9.17) is 14.5 Å². The van der Waals surface area contributed by atoms with Crippen molar-refractivity contribution in [2.24, 2.45) is 4.99 Å². The van der Waals surface area contributed by atoms with Crippen LogP contribution in [0.25, 0.3) is 0 Å². The van der Waals surface area contributed by atoms with Gasteiger partial charge in [0.05, 0.1) is 26.3 Å². The number of thiophene rings is 1. The maximum Gasteiger partial charge on any atom is 0.192 e. The van der Waals surface area contributed by atoms with E-state index in [0.717, 1.165) is 29.6 Å². The predicted octanol–water partition coefficient (Wildman–Crippen LogP) is 3.97. The van der Waals surface area contributed by atoms with Crippen molar-refractivity contribution in [1.82, 2.24) is 10.6 Å². The zero-order valence-electron chi connectivity index (χ0n) is 15.3. The number of methoxy groups -OCH3 is 1. The Kier molecular flexibility index (Phi) is 7.60. The minimum absolute atomic E-state index is 0.215. The Morgan fingerprint density at radius 3 is 2.72 bits per heavy atom. The Hall–Kier alpha value is -2.21. The highest BCUT2D eigenvalue weighted by Crippen LogP contribution is 2.28. The summed E-state index contributed by atoms with van der Waals surface area (Å²) in [7, 11) is 1.65. The van der Waals surface area contributed by atoms with Gasteiger partial charge in [-0.3, -0.25) is 0 Å². The lowest BCUT2D eigenvalue weighted by Gasteiger charge is -2.17. The number of hydrogen-bond donors (Lipinski definition) is 2. The van der Waals surface area contributed by atoms with Crippen LogP contribution in [-0.4, -0.2) is 26.2 Å². The van der Waals surface area contributed by atoms with Crippen LogP contribution >= 0.6 is 11.3 Å². The maximum absolute atomic E-state index is 5.63. The van der Waals surface area contributed by atoms with Crippen molar-refractivity contribution in [2.75, 3.05) is 20.3 Å². The molecule has 6 heteroatoms. The van der Waals surface area contributed by atoms with Crippen LogP contribution in [0, 0.1) is 0 Å². The number of nitrogens with zero attached hydrogens (tertiary/aromatic N) is 1. The van der Waals surface area contributed by atoms with E-state index in [9.17, 15) is 0 Å². The van der Waals surface area contributed by atoms with Crippen LogP contribution < -0.4 is 20.1 Å². The highest BCUT2D eigenvalue weighted by Gasteiger charge is 2.09. The first-order valence-electron chi connectivity index (χ1n) is 8.55. The van der Waals surface area contributed by atoms with Crippen LogP contribution in [-0.2, 0) is 6.54 Å². The highest BCUT2D eigenvalue weighted by molar-refractivity contribution is 7.10. The zero-order valence-corrected chi connectivity index (χ0v) is 16.2. The lowest BCUT2D eigenvalue weighted by molar-refractivity contribution is 0.310. The number of benzene rings is 1. The molecule has 0 saturated heterocycles. The number of ether oxygens (including phenoxy) is 2. The molecule has 1 aromatic heterocycles. The largest absolute Gasteiger partial charge is 0.493 e. The normalized spacial score (nSPS) is 12.6. The van der Waals surface area contributed by atoms with Gasteiger partial charge < -0.3 is 20.1 Å². The summed E-state index contributed by atoms with van der Waals surface area (Å²) in [5.41, 5.74) is 1.07. The van der Waals surface area contributed by atoms with Gasteiger partial charge in [0, 0.05) is 11.4 Å². The van der Waals surface area contributed by atoms with E-state index in [0.29, 0.717) is 13.2 Å². The monoisotopic (exact) mass is 361 g/mol. The van der Waals surface area contributed by atoms with Crippen molar-refractivity contribution >= 4 is 17.3 Å². The molecule has 25 heavy (non-hydrogen) atoms. The van der Waals surface area contributed by atoms with Gasteiger partial charge in [-0.1, -0.05) is 12.1 Å². The first-order chi connectivity index (χ1) is 12.2. The molecule has 0 spiro atoms. The summed E-state index contributed by atoms with van der Waals surface area (Å²) < 4.78 is 11.0. The number of nitrogens with one attached hydrogen (secondary N) is 2. The summed E-state index contributed by atoms with van der Waals surface area (Å²) in [4.78, 5) is 5.98. The number of guanidine groups is 1. The molecule has 2 N–H and O–H groups in total. The van der Waals surface area contributed by atoms with E-state index in [1.807, 2.05) is 25.1 Å². The van der Waals surface area contributed by atoms with E-state index in [-0.39, 0.29) is 6.04 Å². The van der Waals surface area contributed by atoms with Crippen LogP contribution in [0.2, 0.25) is 0 Å². The number of aliphatic imine (C=N–C) groups is 1. The molecule has 0 aliphatic rings. The second kappa shape index (κ2) is 9.93. The third kappa shape index (κ3) is 5.67. The third-order valence-electron chi connectivity index (χ3n) is 3.62. The first kappa shape index (κ1) is 19.1. The lowest BCUT2D eigenvalue weighted by atomic mass is 10.2. The van der Waals surface area contributed by atoms with Crippen molar-refractivity contribution < 1.29 is 9.47 Å². The average molecular weight is 362 g/mol. The molecule has 0 fully saturated rings. The van der Waals surface area contributed by atoms with Crippen molar-refractivity contribution in [2.45, 2.75) is 33.4 Å². The van der Waals surface area contributed by atoms with Gasteiger partial charge in [-0.25, -0.2) is 4.99 Å². The topological polar surface area (TPSA) is 54.9 Å². The Bertz CT molecular complexity index is 671. The van der Waals surface area contributed by atoms with E-state index in [1.165, 1.54) is 4.88 Å². The Balaban J connectivity index is 2.08. The molecule has 0 radical (unpaired) electrons. The minimum Gasteiger partial charge on any atom is -0.493 e. The second-order valence-electron chi connectivity index (χ2n) is 5.49. The molecule has 0 aliphatic heterocycles. The molecule has 2 aromatic rings. The molecular weight excluding hydrogens is 334 g/mol. The first-order valence-corrected chi connectivity index (χ1v) is 9.43. The van der Waals surface area contributed by atoms with E-state index in [2.05, 4.69) is 42.0 Å². The van der Waals surface area contributed by atoms with Gasteiger partial charge in [0.2, 0.25) is 0 Å². The van der Waals surface area contributed by atoms with Crippen molar-refractivity contribution in [3.05, 3.63) is 46.2 Å². The molecule has 136 valence electrons. The molecule has 1 heterocycles. The summed E-state index contributed by atoms with van der Waals surface area (Å²) in [6.07, 6.45) is 0. The van der Waals surface area contributed by atoms with Gasteiger partial charge in [0.15, 0.2) is 17.5 Å². The summed E-state index contributed by atoms with van der Waals surface area (Å²) in [6.45, 7) is 8.15. The minimum atomic E-state index is 0.215. The van der Waals surface area contributed by atoms with Gasteiger partial charge in [0.1, 0.15) is 0 Å². The molecule has 0 saturated carbocycles. The average Bonchev–Trinajstić information content (AvgIpc) is 3.15. The predicted molar refractivity (Wildman–Crippen MR) is 105 cm³/mol. The molecule has 1 aromatic carbocycles. The highest BCUT2D eigenvalue weighted by atomic mass is 32.1. The Morgan fingerprint density at radius 1 is 1.24 bits per heavy atom. The number of rotatable bonds is 8. The molecule has 5 nitrogen and oxygen atoms in total. The van der Waals surface area contributed by atoms with Crippen LogP contribution in [0.1, 0.15) is 37.3 Å². The van der Waals surface area contributed by atoms with Gasteiger partial charge in [0.25, 0.3) is 0 Å². The molecule has 0 amide bonds. The SMILES string of the molecule is CCNC(=NCc1ccc(OC)c(OCC)c1)NC(C)c1cccs1.